The molecule has 35 heavy (non-hydrogen) atoms. The average Bonchev–Trinajstić information content (AvgIpc) is 3.32. The van der Waals surface area contributed by atoms with Gasteiger partial charge in [-0.25, -0.2) is 14.8 Å². The van der Waals surface area contributed by atoms with Crippen LogP contribution >= 0.6 is 11.3 Å². The number of aromatic nitrogens is 3. The van der Waals surface area contributed by atoms with Gasteiger partial charge in [0, 0.05) is 44.5 Å². The van der Waals surface area contributed by atoms with E-state index in [-0.39, 0.29) is 12.6 Å². The lowest BCUT2D eigenvalue weighted by Crippen LogP contribution is -2.29. The summed E-state index contributed by atoms with van der Waals surface area (Å²) in [5, 5.41) is 13.1. The molecule has 0 aliphatic heterocycles. The molecule has 0 aliphatic carbocycles. The number of fused-ring (bicyclic) bond motifs is 1. The Hall–Kier alpha value is -3.04. The van der Waals surface area contributed by atoms with E-state index in [2.05, 4.69) is 48.6 Å². The number of benzene rings is 1. The second kappa shape index (κ2) is 13.2. The Morgan fingerprint density at radius 2 is 2.09 bits per heavy atom. The molecular formula is C26H36FN7S. The summed E-state index contributed by atoms with van der Waals surface area (Å²) in [7, 11) is 1.88. The molecule has 9 heteroatoms. The van der Waals surface area contributed by atoms with Crippen LogP contribution in [-0.4, -0.2) is 51.3 Å². The van der Waals surface area contributed by atoms with E-state index in [1.807, 2.05) is 32.2 Å². The molecule has 1 atom stereocenters. The molecule has 2 aromatic heterocycles. The number of nitrogens with zero attached hydrogens (tertiary/aromatic N) is 5. The predicted octanol–water partition coefficient (Wildman–Crippen LogP) is 5.73. The summed E-state index contributed by atoms with van der Waals surface area (Å²) >= 11 is 1.61. The summed E-state index contributed by atoms with van der Waals surface area (Å²) in [5.41, 5.74) is 4.18. The average molecular weight is 498 g/mol. The molecular weight excluding hydrogens is 461 g/mol. The van der Waals surface area contributed by atoms with Crippen LogP contribution in [0.5, 0.6) is 0 Å². The number of hydrogen-bond donors (Lipinski definition) is 2. The summed E-state index contributed by atoms with van der Waals surface area (Å²) in [6, 6.07) is 8.47. The molecule has 0 fully saturated rings. The van der Waals surface area contributed by atoms with Gasteiger partial charge in [0.15, 0.2) is 10.6 Å². The van der Waals surface area contributed by atoms with Gasteiger partial charge >= 0.3 is 0 Å². The van der Waals surface area contributed by atoms with Crippen LogP contribution in [0.3, 0.4) is 0 Å². The number of halogens is 1. The van der Waals surface area contributed by atoms with Crippen LogP contribution < -0.4 is 10.6 Å². The Morgan fingerprint density at radius 1 is 1.29 bits per heavy atom. The molecule has 0 radical (unpaired) electrons. The van der Waals surface area contributed by atoms with Crippen molar-refractivity contribution in [1.82, 2.24) is 25.2 Å². The third-order valence-electron chi connectivity index (χ3n) is 5.50. The van der Waals surface area contributed by atoms with Crippen LogP contribution in [0.15, 0.2) is 53.7 Å². The maximum atomic E-state index is 13.8. The van der Waals surface area contributed by atoms with E-state index >= 15 is 0 Å². The Balaban J connectivity index is 1.49. The summed E-state index contributed by atoms with van der Waals surface area (Å²) in [5.74, 6) is 0.817. The monoisotopic (exact) mass is 497 g/mol. The van der Waals surface area contributed by atoms with E-state index in [9.17, 15) is 4.48 Å². The minimum atomic E-state index is 0.227. The SMILES string of the molecule is C/C=C\C=C/N(F)CCNc1c2nc(CC(C)NCCC(C)=Nc3ccccc3C)sc2nn1C. The van der Waals surface area contributed by atoms with Gasteiger partial charge in [-0.2, -0.15) is 5.10 Å². The van der Waals surface area contributed by atoms with E-state index in [4.69, 9.17) is 9.98 Å². The van der Waals surface area contributed by atoms with E-state index < -0.39 is 0 Å². The van der Waals surface area contributed by atoms with Gasteiger partial charge in [-0.15, -0.1) is 4.48 Å². The maximum Gasteiger partial charge on any atom is 0.167 e. The van der Waals surface area contributed by atoms with Crippen molar-refractivity contribution in [3.63, 3.8) is 0 Å². The fraction of sp³-hybridized carbons (Fsp3) is 0.423. The molecule has 3 aromatic rings. The summed E-state index contributed by atoms with van der Waals surface area (Å²) < 4.78 is 15.6. The van der Waals surface area contributed by atoms with Crippen molar-refractivity contribution in [2.45, 2.75) is 46.6 Å². The topological polar surface area (TPSA) is 70.4 Å². The molecule has 0 saturated heterocycles. The first-order valence-corrected chi connectivity index (χ1v) is 12.8. The van der Waals surface area contributed by atoms with Crippen LogP contribution in [0.4, 0.5) is 16.0 Å². The van der Waals surface area contributed by atoms with Gasteiger partial charge in [0.1, 0.15) is 5.52 Å². The van der Waals surface area contributed by atoms with Crippen molar-refractivity contribution < 1.29 is 4.48 Å². The maximum absolute atomic E-state index is 13.8. The summed E-state index contributed by atoms with van der Waals surface area (Å²) in [4.78, 5) is 10.5. The van der Waals surface area contributed by atoms with Crippen LogP contribution in [0.1, 0.15) is 37.8 Å². The van der Waals surface area contributed by atoms with Crippen molar-refractivity contribution >= 4 is 38.9 Å². The Bertz CT molecular complexity index is 1180. The number of thiazole rings is 1. The molecule has 0 aliphatic rings. The highest BCUT2D eigenvalue weighted by Crippen LogP contribution is 2.28. The number of para-hydroxylation sites is 1. The van der Waals surface area contributed by atoms with E-state index in [1.165, 1.54) is 11.8 Å². The van der Waals surface area contributed by atoms with E-state index in [1.54, 1.807) is 28.2 Å². The minimum absolute atomic E-state index is 0.227. The number of aliphatic imine (C=N–C) groups is 1. The molecule has 2 heterocycles. The van der Waals surface area contributed by atoms with Gasteiger partial charge in [-0.05, 0) is 51.8 Å². The second-order valence-corrected chi connectivity index (χ2v) is 9.66. The molecule has 2 N–H and O–H groups in total. The van der Waals surface area contributed by atoms with E-state index in [0.29, 0.717) is 11.7 Å². The van der Waals surface area contributed by atoms with Crippen molar-refractivity contribution in [1.29, 1.82) is 0 Å². The lowest BCUT2D eigenvalue weighted by atomic mass is 10.2. The first kappa shape index (κ1) is 26.6. The summed E-state index contributed by atoms with van der Waals surface area (Å²) in [6.07, 6.45) is 8.44. The number of rotatable bonds is 13. The Morgan fingerprint density at radius 3 is 2.86 bits per heavy atom. The second-order valence-electron chi connectivity index (χ2n) is 8.59. The first-order valence-electron chi connectivity index (χ1n) is 12.0. The lowest BCUT2D eigenvalue weighted by Gasteiger charge is -2.12. The van der Waals surface area contributed by atoms with Gasteiger partial charge < -0.3 is 10.6 Å². The summed E-state index contributed by atoms with van der Waals surface area (Å²) in [6.45, 7) is 9.76. The predicted molar refractivity (Wildman–Crippen MR) is 146 cm³/mol. The zero-order chi connectivity index (χ0) is 25.2. The third kappa shape index (κ3) is 8.00. The minimum Gasteiger partial charge on any atom is -0.367 e. The van der Waals surface area contributed by atoms with Gasteiger partial charge in [0.05, 0.1) is 17.2 Å². The molecule has 1 aromatic carbocycles. The number of anilines is 1. The quantitative estimate of drug-likeness (QED) is 0.179. The van der Waals surface area contributed by atoms with Crippen LogP contribution in [-0.2, 0) is 13.5 Å². The molecule has 3 rings (SSSR count). The highest BCUT2D eigenvalue weighted by Gasteiger charge is 2.16. The van der Waals surface area contributed by atoms with Crippen molar-refractivity contribution in [3.05, 3.63) is 59.3 Å². The standard InChI is InChI=1S/C26H36FN7S/c1-6-7-10-16-34(27)17-15-29-25-24-26(32-33(25)5)35-23(31-24)18-21(4)28-14-13-20(3)30-22-12-9-8-11-19(22)2/h6-12,16,21,28-29H,13-15,17-18H2,1-5H3/b7-6-,16-10-,30-20?. The Kier molecular flexibility index (Phi) is 9.98. The molecule has 0 bridgehead atoms. The van der Waals surface area contributed by atoms with Crippen molar-refractivity contribution in [2.75, 3.05) is 25.0 Å². The highest BCUT2D eigenvalue weighted by atomic mass is 32.1. The third-order valence-corrected chi connectivity index (χ3v) is 6.46. The molecule has 0 saturated carbocycles. The molecule has 7 nitrogen and oxygen atoms in total. The number of nitrogens with one attached hydrogen (secondary N) is 2. The normalized spacial score (nSPS) is 13.4. The van der Waals surface area contributed by atoms with Crippen LogP contribution in [0.25, 0.3) is 10.3 Å². The first-order chi connectivity index (χ1) is 16.9. The fourth-order valence-corrected chi connectivity index (χ4v) is 4.69. The smallest absolute Gasteiger partial charge is 0.167 e. The number of hydrogen-bond acceptors (Lipinski definition) is 7. The molecule has 1 unspecified atom stereocenters. The largest absolute Gasteiger partial charge is 0.367 e. The fourth-order valence-electron chi connectivity index (χ4n) is 3.60. The molecule has 0 spiro atoms. The van der Waals surface area contributed by atoms with Gasteiger partial charge in [-0.3, -0.25) is 4.99 Å². The van der Waals surface area contributed by atoms with Crippen molar-refractivity contribution in [3.8, 4) is 0 Å². The van der Waals surface area contributed by atoms with Crippen LogP contribution in [0, 0.1) is 6.92 Å². The van der Waals surface area contributed by atoms with Gasteiger partial charge in [0.2, 0.25) is 0 Å². The number of allylic oxidation sites excluding steroid dienone is 3. The molecule has 188 valence electrons. The zero-order valence-corrected chi connectivity index (χ0v) is 22.1. The Labute approximate surface area is 211 Å². The zero-order valence-electron chi connectivity index (χ0n) is 21.3. The highest BCUT2D eigenvalue weighted by molar-refractivity contribution is 7.18. The molecule has 0 amide bonds. The van der Waals surface area contributed by atoms with Crippen LogP contribution in [0.2, 0.25) is 0 Å². The lowest BCUT2D eigenvalue weighted by molar-refractivity contribution is 0.0953. The van der Waals surface area contributed by atoms with Gasteiger partial charge in [0.25, 0.3) is 0 Å². The van der Waals surface area contributed by atoms with Crippen molar-refractivity contribution in [2.24, 2.45) is 12.0 Å². The number of aryl methyl sites for hydroxylation is 2. The van der Waals surface area contributed by atoms with E-state index in [0.717, 1.165) is 52.0 Å². The van der Waals surface area contributed by atoms with Gasteiger partial charge in [-0.1, -0.05) is 41.7 Å².